The van der Waals surface area contributed by atoms with Crippen LogP contribution in [0.3, 0.4) is 0 Å². The van der Waals surface area contributed by atoms with Crippen LogP contribution in [0.5, 0.6) is 0 Å². The molecule has 1 aromatic rings. The maximum Gasteiger partial charge on any atom is 0.263 e. The lowest BCUT2D eigenvalue weighted by atomic mass is 9.83. The predicted octanol–water partition coefficient (Wildman–Crippen LogP) is 2.12. The van der Waals surface area contributed by atoms with Crippen LogP contribution in [0.4, 0.5) is 8.78 Å². The van der Waals surface area contributed by atoms with E-state index in [0.717, 1.165) is 5.01 Å². The molecule has 0 aliphatic heterocycles. The van der Waals surface area contributed by atoms with Gasteiger partial charge in [-0.05, 0) is 19.8 Å². The van der Waals surface area contributed by atoms with E-state index in [4.69, 9.17) is 0 Å². The van der Waals surface area contributed by atoms with Gasteiger partial charge >= 0.3 is 0 Å². The van der Waals surface area contributed by atoms with Gasteiger partial charge in [0.2, 0.25) is 5.92 Å². The fraction of sp³-hybridized carbons (Fsp3) is 0.667. The Morgan fingerprint density at radius 2 is 2.11 bits per heavy atom. The molecule has 1 aromatic heterocycles. The molecular weight excluding hydrogens is 274 g/mol. The Balaban J connectivity index is 1.87. The van der Waals surface area contributed by atoms with E-state index in [2.05, 4.69) is 10.3 Å². The van der Waals surface area contributed by atoms with Gasteiger partial charge in [-0.2, -0.15) is 0 Å². The topological polar surface area (TPSA) is 62.2 Å². The number of aromatic nitrogens is 1. The average Bonchev–Trinajstić information content (AvgIpc) is 2.78. The molecule has 0 bridgehead atoms. The number of thiazole rings is 1. The number of aliphatic hydroxyl groups is 1. The molecule has 4 nitrogen and oxygen atoms in total. The molecule has 0 unspecified atom stereocenters. The van der Waals surface area contributed by atoms with E-state index in [-0.39, 0.29) is 38.1 Å². The minimum absolute atomic E-state index is 0.00113. The van der Waals surface area contributed by atoms with Crippen LogP contribution in [0.15, 0.2) is 6.20 Å². The van der Waals surface area contributed by atoms with Crippen LogP contribution in [0, 0.1) is 6.92 Å². The second kappa shape index (κ2) is 5.13. The Morgan fingerprint density at radius 3 is 2.63 bits per heavy atom. The van der Waals surface area contributed by atoms with Crippen molar-refractivity contribution in [3.05, 3.63) is 16.1 Å². The zero-order valence-corrected chi connectivity index (χ0v) is 11.4. The molecule has 0 spiro atoms. The van der Waals surface area contributed by atoms with E-state index in [0.29, 0.717) is 4.88 Å². The van der Waals surface area contributed by atoms with Gasteiger partial charge in [-0.1, -0.05) is 0 Å². The summed E-state index contributed by atoms with van der Waals surface area (Å²) >= 11 is 1.26. The van der Waals surface area contributed by atoms with Crippen LogP contribution in [0.2, 0.25) is 0 Å². The summed E-state index contributed by atoms with van der Waals surface area (Å²) in [7, 11) is 0. The maximum absolute atomic E-state index is 13.0. The van der Waals surface area contributed by atoms with Crippen molar-refractivity contribution in [2.75, 3.05) is 6.54 Å². The summed E-state index contributed by atoms with van der Waals surface area (Å²) in [4.78, 5) is 16.2. The number of carbonyl (C=O) groups is 1. The van der Waals surface area contributed by atoms with Crippen molar-refractivity contribution in [3.8, 4) is 0 Å². The standard InChI is InChI=1S/C12H16F2N2O2S/c1-8-15-6-9(19-8)10(17)16-7-11(18)2-4-12(13,14)5-3-11/h6,18H,2-5,7H2,1H3,(H,16,17). The number of amides is 1. The second-order valence-corrected chi connectivity index (χ2v) is 6.24. The second-order valence-electron chi connectivity index (χ2n) is 5.01. The van der Waals surface area contributed by atoms with E-state index in [1.54, 1.807) is 6.92 Å². The van der Waals surface area contributed by atoms with E-state index in [1.165, 1.54) is 17.5 Å². The summed E-state index contributed by atoms with van der Waals surface area (Å²) in [5.41, 5.74) is -1.23. The summed E-state index contributed by atoms with van der Waals surface area (Å²) in [5.74, 6) is -3.01. The summed E-state index contributed by atoms with van der Waals surface area (Å²) in [6.07, 6.45) is 0.802. The molecule has 1 saturated carbocycles. The zero-order valence-electron chi connectivity index (χ0n) is 10.6. The molecule has 2 rings (SSSR count). The van der Waals surface area contributed by atoms with Gasteiger partial charge in [-0.3, -0.25) is 4.79 Å². The number of carbonyl (C=O) groups excluding carboxylic acids is 1. The minimum Gasteiger partial charge on any atom is -0.388 e. The van der Waals surface area contributed by atoms with Gasteiger partial charge in [0.25, 0.3) is 5.91 Å². The number of nitrogens with zero attached hydrogens (tertiary/aromatic N) is 1. The highest BCUT2D eigenvalue weighted by atomic mass is 32.1. The Bertz CT molecular complexity index is 466. The highest BCUT2D eigenvalue weighted by Gasteiger charge is 2.42. The van der Waals surface area contributed by atoms with Gasteiger partial charge in [-0.25, -0.2) is 13.8 Å². The van der Waals surface area contributed by atoms with Crippen LogP contribution in [-0.2, 0) is 0 Å². The summed E-state index contributed by atoms with van der Waals surface area (Å²) in [6.45, 7) is 1.79. The van der Waals surface area contributed by atoms with Crippen molar-refractivity contribution in [2.24, 2.45) is 0 Å². The van der Waals surface area contributed by atoms with Gasteiger partial charge in [0.05, 0.1) is 16.8 Å². The zero-order chi connectivity index (χ0) is 14.1. The SMILES string of the molecule is Cc1ncc(C(=O)NCC2(O)CCC(F)(F)CC2)s1. The third-order valence-electron chi connectivity index (χ3n) is 3.34. The van der Waals surface area contributed by atoms with Crippen molar-refractivity contribution in [1.29, 1.82) is 0 Å². The van der Waals surface area contributed by atoms with Crippen LogP contribution in [0.1, 0.15) is 40.4 Å². The number of nitrogens with one attached hydrogen (secondary N) is 1. The van der Waals surface area contributed by atoms with E-state index >= 15 is 0 Å². The monoisotopic (exact) mass is 290 g/mol. The molecule has 0 aromatic carbocycles. The first-order chi connectivity index (χ1) is 8.80. The van der Waals surface area contributed by atoms with Crippen LogP contribution < -0.4 is 5.32 Å². The van der Waals surface area contributed by atoms with Crippen LogP contribution in [-0.4, -0.2) is 34.1 Å². The smallest absolute Gasteiger partial charge is 0.263 e. The van der Waals surface area contributed by atoms with Gasteiger partial charge < -0.3 is 10.4 Å². The molecule has 1 heterocycles. The first-order valence-corrected chi connectivity index (χ1v) is 6.92. The fourth-order valence-electron chi connectivity index (χ4n) is 2.06. The molecule has 0 atom stereocenters. The molecule has 0 radical (unpaired) electrons. The molecule has 0 saturated heterocycles. The van der Waals surface area contributed by atoms with Crippen LogP contribution in [0.25, 0.3) is 0 Å². The Kier molecular flexibility index (Phi) is 3.87. The number of hydrogen-bond donors (Lipinski definition) is 2. The molecule has 7 heteroatoms. The lowest BCUT2D eigenvalue weighted by Crippen LogP contribution is -2.47. The van der Waals surface area contributed by atoms with Crippen LogP contribution >= 0.6 is 11.3 Å². The average molecular weight is 290 g/mol. The van der Waals surface area contributed by atoms with Gasteiger partial charge in [0, 0.05) is 19.4 Å². The summed E-state index contributed by atoms with van der Waals surface area (Å²) in [6, 6.07) is 0. The third-order valence-corrected chi connectivity index (χ3v) is 4.25. The number of halogens is 2. The number of aryl methyl sites for hydroxylation is 1. The molecule has 19 heavy (non-hydrogen) atoms. The normalized spacial score (nSPS) is 21.1. The van der Waals surface area contributed by atoms with Gasteiger partial charge in [0.1, 0.15) is 4.88 Å². The fourth-order valence-corrected chi connectivity index (χ4v) is 2.75. The first kappa shape index (κ1) is 14.3. The molecule has 1 fully saturated rings. The highest BCUT2D eigenvalue weighted by molar-refractivity contribution is 7.13. The van der Waals surface area contributed by atoms with E-state index in [1.807, 2.05) is 0 Å². The number of rotatable bonds is 3. The van der Waals surface area contributed by atoms with Crippen molar-refractivity contribution >= 4 is 17.2 Å². The first-order valence-electron chi connectivity index (χ1n) is 6.11. The maximum atomic E-state index is 13.0. The molecule has 1 amide bonds. The molecule has 2 N–H and O–H groups in total. The van der Waals surface area contributed by atoms with E-state index in [9.17, 15) is 18.7 Å². The molecular formula is C12H16F2N2O2S. The van der Waals surface area contributed by atoms with Gasteiger partial charge in [-0.15, -0.1) is 11.3 Å². The summed E-state index contributed by atoms with van der Waals surface area (Å²) < 4.78 is 26.0. The Hall–Kier alpha value is -1.08. The van der Waals surface area contributed by atoms with Crippen molar-refractivity contribution in [3.63, 3.8) is 0 Å². The predicted molar refractivity (Wildman–Crippen MR) is 67.5 cm³/mol. The number of hydrogen-bond acceptors (Lipinski definition) is 4. The Labute approximate surface area is 113 Å². The summed E-state index contributed by atoms with van der Waals surface area (Å²) in [5, 5.41) is 13.5. The van der Waals surface area contributed by atoms with Crippen molar-refractivity contribution in [1.82, 2.24) is 10.3 Å². The van der Waals surface area contributed by atoms with Gasteiger partial charge in [0.15, 0.2) is 0 Å². The molecule has 106 valence electrons. The lowest BCUT2D eigenvalue weighted by Gasteiger charge is -2.35. The largest absolute Gasteiger partial charge is 0.388 e. The lowest BCUT2D eigenvalue weighted by molar-refractivity contribution is -0.101. The van der Waals surface area contributed by atoms with E-state index < -0.39 is 11.5 Å². The molecule has 1 aliphatic rings. The molecule has 1 aliphatic carbocycles. The highest BCUT2D eigenvalue weighted by Crippen LogP contribution is 2.38. The number of alkyl halides is 2. The minimum atomic E-state index is -2.69. The quantitative estimate of drug-likeness (QED) is 0.896. The third kappa shape index (κ3) is 3.70. The van der Waals surface area contributed by atoms with Crippen molar-refractivity contribution in [2.45, 2.75) is 44.1 Å². The Morgan fingerprint density at radius 1 is 1.47 bits per heavy atom. The van der Waals surface area contributed by atoms with Crippen molar-refractivity contribution < 1.29 is 18.7 Å².